The van der Waals surface area contributed by atoms with Crippen LogP contribution in [0, 0.1) is 5.41 Å². The lowest BCUT2D eigenvalue weighted by Crippen LogP contribution is -2.31. The zero-order chi connectivity index (χ0) is 15.1. The standard InChI is InChI=1S/C16H23NO4/c1-20-13-2-4-14(5-3-13)21-11-6-15(19)17-12-16(7-8-16)9-10-18/h2-5,18H,6-12H2,1H3,(H,17,19). The molecule has 0 atom stereocenters. The first kappa shape index (κ1) is 15.6. The second kappa shape index (κ2) is 7.31. The molecule has 5 heteroatoms. The Kier molecular flexibility index (Phi) is 5.44. The Morgan fingerprint density at radius 2 is 1.95 bits per heavy atom. The van der Waals surface area contributed by atoms with Crippen LogP contribution in [0.15, 0.2) is 24.3 Å². The maximum absolute atomic E-state index is 11.7. The van der Waals surface area contributed by atoms with E-state index in [1.807, 2.05) is 24.3 Å². The third kappa shape index (κ3) is 4.93. The Morgan fingerprint density at radius 3 is 2.52 bits per heavy atom. The number of amides is 1. The summed E-state index contributed by atoms with van der Waals surface area (Å²) in [6.45, 7) is 1.20. The van der Waals surface area contributed by atoms with Crippen molar-refractivity contribution in [2.45, 2.75) is 25.7 Å². The smallest absolute Gasteiger partial charge is 0.223 e. The average molecular weight is 293 g/mol. The first-order valence-electron chi connectivity index (χ1n) is 7.32. The summed E-state index contributed by atoms with van der Waals surface area (Å²) < 4.78 is 10.6. The Labute approximate surface area is 125 Å². The number of hydrogen-bond donors (Lipinski definition) is 2. The predicted molar refractivity (Wildman–Crippen MR) is 79.5 cm³/mol. The van der Waals surface area contributed by atoms with Gasteiger partial charge in [0.2, 0.25) is 5.91 Å². The zero-order valence-electron chi connectivity index (χ0n) is 12.4. The predicted octanol–water partition coefficient (Wildman–Crippen LogP) is 1.74. The van der Waals surface area contributed by atoms with Gasteiger partial charge in [0.1, 0.15) is 11.5 Å². The van der Waals surface area contributed by atoms with Crippen LogP contribution < -0.4 is 14.8 Å². The maximum Gasteiger partial charge on any atom is 0.223 e. The molecule has 21 heavy (non-hydrogen) atoms. The number of carbonyl (C=O) groups excluding carboxylic acids is 1. The molecule has 5 nitrogen and oxygen atoms in total. The fourth-order valence-electron chi connectivity index (χ4n) is 2.24. The number of carbonyl (C=O) groups is 1. The second-order valence-electron chi connectivity index (χ2n) is 5.52. The molecule has 116 valence electrons. The number of benzene rings is 1. The lowest BCUT2D eigenvalue weighted by Gasteiger charge is -2.14. The fraction of sp³-hybridized carbons (Fsp3) is 0.562. The molecule has 1 aromatic carbocycles. The van der Waals surface area contributed by atoms with Crippen molar-refractivity contribution in [3.8, 4) is 11.5 Å². The van der Waals surface area contributed by atoms with Crippen molar-refractivity contribution in [2.75, 3.05) is 26.9 Å². The Bertz CT molecular complexity index is 454. The molecule has 1 aromatic rings. The highest BCUT2D eigenvalue weighted by molar-refractivity contribution is 5.76. The van der Waals surface area contributed by atoms with E-state index in [0.717, 1.165) is 30.8 Å². The van der Waals surface area contributed by atoms with Gasteiger partial charge in [-0.2, -0.15) is 0 Å². The number of aliphatic hydroxyl groups is 1. The Morgan fingerprint density at radius 1 is 1.29 bits per heavy atom. The normalized spacial score (nSPS) is 15.3. The van der Waals surface area contributed by atoms with Crippen LogP contribution in [0.2, 0.25) is 0 Å². The maximum atomic E-state index is 11.7. The van der Waals surface area contributed by atoms with Gasteiger partial charge < -0.3 is 19.9 Å². The molecule has 2 N–H and O–H groups in total. The molecule has 1 fully saturated rings. The van der Waals surface area contributed by atoms with Gasteiger partial charge in [0.15, 0.2) is 0 Å². The van der Waals surface area contributed by atoms with Crippen molar-refractivity contribution < 1.29 is 19.4 Å². The van der Waals surface area contributed by atoms with Crippen LogP contribution in [0.25, 0.3) is 0 Å². The van der Waals surface area contributed by atoms with E-state index in [9.17, 15) is 4.79 Å². The van der Waals surface area contributed by atoms with Crippen molar-refractivity contribution in [3.63, 3.8) is 0 Å². The molecular weight excluding hydrogens is 270 g/mol. The fourth-order valence-corrected chi connectivity index (χ4v) is 2.24. The molecule has 0 heterocycles. The molecule has 2 rings (SSSR count). The van der Waals surface area contributed by atoms with E-state index in [1.54, 1.807) is 7.11 Å². The molecule has 0 radical (unpaired) electrons. The number of nitrogens with one attached hydrogen (secondary N) is 1. The first-order chi connectivity index (χ1) is 10.2. The van der Waals surface area contributed by atoms with Crippen LogP contribution >= 0.6 is 0 Å². The summed E-state index contributed by atoms with van der Waals surface area (Å²) in [6, 6.07) is 7.27. The largest absolute Gasteiger partial charge is 0.497 e. The third-order valence-corrected chi connectivity index (χ3v) is 3.92. The van der Waals surface area contributed by atoms with E-state index in [4.69, 9.17) is 14.6 Å². The zero-order valence-corrected chi connectivity index (χ0v) is 12.4. The number of rotatable bonds is 9. The van der Waals surface area contributed by atoms with E-state index >= 15 is 0 Å². The van der Waals surface area contributed by atoms with E-state index in [-0.39, 0.29) is 17.9 Å². The third-order valence-electron chi connectivity index (χ3n) is 3.92. The molecule has 1 saturated carbocycles. The van der Waals surface area contributed by atoms with Crippen molar-refractivity contribution in [2.24, 2.45) is 5.41 Å². The number of methoxy groups -OCH3 is 1. The van der Waals surface area contributed by atoms with Crippen molar-refractivity contribution >= 4 is 5.91 Å². The van der Waals surface area contributed by atoms with Gasteiger partial charge in [-0.05, 0) is 48.9 Å². The lowest BCUT2D eigenvalue weighted by molar-refractivity contribution is -0.121. The number of ether oxygens (including phenoxy) is 2. The number of aliphatic hydroxyl groups excluding tert-OH is 1. The minimum absolute atomic E-state index is 0.00673. The summed E-state index contributed by atoms with van der Waals surface area (Å²) in [5.74, 6) is 1.49. The van der Waals surface area contributed by atoms with Gasteiger partial charge in [0, 0.05) is 13.2 Å². The molecule has 0 spiro atoms. The molecule has 1 amide bonds. The van der Waals surface area contributed by atoms with Crippen molar-refractivity contribution in [3.05, 3.63) is 24.3 Å². The van der Waals surface area contributed by atoms with Gasteiger partial charge in [-0.3, -0.25) is 4.79 Å². The summed E-state index contributed by atoms with van der Waals surface area (Å²) in [6.07, 6.45) is 3.29. The summed E-state index contributed by atoms with van der Waals surface area (Å²) in [5.41, 5.74) is 0.154. The van der Waals surface area contributed by atoms with E-state index in [0.29, 0.717) is 19.6 Å². The summed E-state index contributed by atoms with van der Waals surface area (Å²) in [5, 5.41) is 11.9. The van der Waals surface area contributed by atoms with Gasteiger partial charge >= 0.3 is 0 Å². The highest BCUT2D eigenvalue weighted by atomic mass is 16.5. The molecule has 0 saturated heterocycles. The minimum Gasteiger partial charge on any atom is -0.497 e. The Balaban J connectivity index is 1.62. The highest BCUT2D eigenvalue weighted by Gasteiger charge is 2.41. The highest BCUT2D eigenvalue weighted by Crippen LogP contribution is 2.47. The lowest BCUT2D eigenvalue weighted by atomic mass is 10.0. The van der Waals surface area contributed by atoms with Crippen LogP contribution in [0.3, 0.4) is 0 Å². The molecule has 0 bridgehead atoms. The number of hydrogen-bond acceptors (Lipinski definition) is 4. The van der Waals surface area contributed by atoms with Crippen molar-refractivity contribution in [1.82, 2.24) is 5.32 Å². The summed E-state index contributed by atoms with van der Waals surface area (Å²) in [4.78, 5) is 11.7. The molecular formula is C16H23NO4. The SMILES string of the molecule is COc1ccc(OCCC(=O)NCC2(CCO)CC2)cc1. The molecule has 0 aromatic heterocycles. The van der Waals surface area contributed by atoms with Gasteiger partial charge in [0.25, 0.3) is 0 Å². The van der Waals surface area contributed by atoms with Crippen LogP contribution in [-0.2, 0) is 4.79 Å². The van der Waals surface area contributed by atoms with Gasteiger partial charge in [-0.15, -0.1) is 0 Å². The van der Waals surface area contributed by atoms with Gasteiger partial charge in [-0.25, -0.2) is 0 Å². The van der Waals surface area contributed by atoms with E-state index in [2.05, 4.69) is 5.32 Å². The van der Waals surface area contributed by atoms with Crippen LogP contribution in [0.4, 0.5) is 0 Å². The second-order valence-corrected chi connectivity index (χ2v) is 5.52. The van der Waals surface area contributed by atoms with Crippen LogP contribution in [0.5, 0.6) is 11.5 Å². The monoisotopic (exact) mass is 293 g/mol. The summed E-state index contributed by atoms with van der Waals surface area (Å²) >= 11 is 0. The van der Waals surface area contributed by atoms with E-state index < -0.39 is 0 Å². The van der Waals surface area contributed by atoms with Crippen LogP contribution in [0.1, 0.15) is 25.7 Å². The topological polar surface area (TPSA) is 67.8 Å². The molecule has 1 aliphatic rings. The summed E-state index contributed by atoms with van der Waals surface area (Å²) in [7, 11) is 1.61. The first-order valence-corrected chi connectivity index (χ1v) is 7.32. The van der Waals surface area contributed by atoms with Crippen molar-refractivity contribution in [1.29, 1.82) is 0 Å². The van der Waals surface area contributed by atoms with Gasteiger partial charge in [-0.1, -0.05) is 0 Å². The van der Waals surface area contributed by atoms with Crippen LogP contribution in [-0.4, -0.2) is 37.9 Å². The minimum atomic E-state index is -0.00673. The molecule has 1 aliphatic carbocycles. The Hall–Kier alpha value is -1.75. The molecule has 0 aliphatic heterocycles. The molecule has 0 unspecified atom stereocenters. The quantitative estimate of drug-likeness (QED) is 0.728. The van der Waals surface area contributed by atoms with Gasteiger partial charge in [0.05, 0.1) is 20.1 Å². The average Bonchev–Trinajstić information content (AvgIpc) is 3.26. The van der Waals surface area contributed by atoms with E-state index in [1.165, 1.54) is 0 Å².